The molecule has 3 heteroatoms. The normalized spacial score (nSPS) is 20.2. The first-order valence-electron chi connectivity index (χ1n) is 20.6. The first-order valence-corrected chi connectivity index (χ1v) is 20.6. The molecule has 0 heterocycles. The Balaban J connectivity index is 1.08. The lowest BCUT2D eigenvalue weighted by atomic mass is 9.63. The first kappa shape index (κ1) is 40.2. The van der Waals surface area contributed by atoms with Crippen LogP contribution in [0.1, 0.15) is 106 Å². The summed E-state index contributed by atoms with van der Waals surface area (Å²) in [5, 5.41) is 7.42. The maximum Gasteiger partial charge on any atom is 0.0503 e. The molecule has 0 saturated heterocycles. The topological polar surface area (TPSA) is 27.3 Å². The van der Waals surface area contributed by atoms with E-state index in [4.69, 9.17) is 6.58 Å². The molecule has 3 aliphatic rings. The predicted molar refractivity (Wildman–Crippen MR) is 238 cm³/mol. The van der Waals surface area contributed by atoms with Crippen LogP contribution in [0.4, 0.5) is 5.69 Å². The number of fused-ring (bicyclic) bond motifs is 6. The number of hydrogen-bond donors (Lipinski definition) is 2. The van der Waals surface area contributed by atoms with E-state index in [1.165, 1.54) is 74.2 Å². The van der Waals surface area contributed by atoms with Crippen molar-refractivity contribution in [2.75, 3.05) is 32.1 Å². The van der Waals surface area contributed by atoms with E-state index < -0.39 is 0 Å². The molecule has 0 amide bonds. The third-order valence-electron chi connectivity index (χ3n) is 13.1. The zero-order chi connectivity index (χ0) is 39.8. The van der Waals surface area contributed by atoms with Crippen LogP contribution in [-0.2, 0) is 18.3 Å². The quantitative estimate of drug-likeness (QED) is 0.163. The molecule has 2 atom stereocenters. The Kier molecular flexibility index (Phi) is 11.4. The van der Waals surface area contributed by atoms with Crippen molar-refractivity contribution in [3.8, 4) is 0 Å². The Hall–Kier alpha value is -4.50. The molecule has 3 aromatic carbocycles. The number of nitrogens with one attached hydrogen (secondary N) is 2. The predicted octanol–water partition coefficient (Wildman–Crippen LogP) is 12.0. The van der Waals surface area contributed by atoms with Crippen LogP contribution in [0.25, 0.3) is 0 Å². The van der Waals surface area contributed by atoms with Gasteiger partial charge in [-0.2, -0.15) is 0 Å². The standard InChI is InChI=1S/C52H67N3/c1-36-16-19-41(20-17-36)24-29-53-39(4)50(8,9)26-14-25-49(6,7)28-30-54-40(5)51(10)27-13-15-48-45(35-51)38(3)34-52(48)46-22-18-37(2)31-42(46)32-43-33-44(55(11)12)21-23-47(43)52/h13,15-23,27,31,33,35,53-54H,3-5,14,24-26,28-30,32,34H2,1-2,6-12H3. The van der Waals surface area contributed by atoms with Crippen LogP contribution < -0.4 is 15.5 Å². The fraction of sp³-hybridized carbons (Fsp3) is 0.423. The van der Waals surface area contributed by atoms with Gasteiger partial charge in [0, 0.05) is 55.1 Å². The van der Waals surface area contributed by atoms with Crippen LogP contribution in [0.2, 0.25) is 0 Å². The highest BCUT2D eigenvalue weighted by Gasteiger charge is 2.50. The second-order valence-electron chi connectivity index (χ2n) is 18.7. The molecule has 0 aromatic heterocycles. The smallest absolute Gasteiger partial charge is 0.0503 e. The van der Waals surface area contributed by atoms with E-state index >= 15 is 0 Å². The van der Waals surface area contributed by atoms with Crippen molar-refractivity contribution in [2.45, 2.75) is 98.8 Å². The Bertz CT molecular complexity index is 2050. The van der Waals surface area contributed by atoms with Crippen LogP contribution in [0.15, 0.2) is 133 Å². The molecule has 2 unspecified atom stereocenters. The summed E-state index contributed by atoms with van der Waals surface area (Å²) in [7, 11) is 4.26. The number of allylic oxidation sites excluding steroid dienone is 7. The van der Waals surface area contributed by atoms with Gasteiger partial charge in [0.2, 0.25) is 0 Å². The van der Waals surface area contributed by atoms with Crippen molar-refractivity contribution < 1.29 is 0 Å². The third-order valence-corrected chi connectivity index (χ3v) is 13.1. The molecular formula is C52H67N3. The van der Waals surface area contributed by atoms with Gasteiger partial charge in [-0.25, -0.2) is 0 Å². The molecule has 0 aliphatic heterocycles. The fourth-order valence-corrected chi connectivity index (χ4v) is 9.14. The van der Waals surface area contributed by atoms with Crippen molar-refractivity contribution in [1.82, 2.24) is 10.6 Å². The fourth-order valence-electron chi connectivity index (χ4n) is 9.14. The Morgan fingerprint density at radius 1 is 0.818 bits per heavy atom. The van der Waals surface area contributed by atoms with Crippen molar-refractivity contribution in [1.29, 1.82) is 0 Å². The van der Waals surface area contributed by atoms with Gasteiger partial charge >= 0.3 is 0 Å². The summed E-state index contributed by atoms with van der Waals surface area (Å²) < 4.78 is 0. The zero-order valence-electron chi connectivity index (χ0n) is 35.5. The van der Waals surface area contributed by atoms with Gasteiger partial charge in [-0.1, -0.05) is 138 Å². The summed E-state index contributed by atoms with van der Waals surface area (Å²) in [5.41, 5.74) is 16.6. The molecule has 290 valence electrons. The number of hydrogen-bond acceptors (Lipinski definition) is 3. The van der Waals surface area contributed by atoms with Gasteiger partial charge in [0.25, 0.3) is 0 Å². The molecule has 1 saturated carbocycles. The van der Waals surface area contributed by atoms with Gasteiger partial charge in [0.15, 0.2) is 0 Å². The minimum absolute atomic E-state index is 0.0510. The lowest BCUT2D eigenvalue weighted by molar-refractivity contribution is 0.266. The SMILES string of the molecule is C=C1CC2(C3=CC=CC(C)(C(=C)NCCC(C)(C)CCCC(C)(C)C(=C)NCCc4ccc(C)cc4)C=C13)c1ccc(C)cc1Cc1cc(N(C)C)ccc12. The molecular weight excluding hydrogens is 667 g/mol. The third kappa shape index (κ3) is 8.37. The van der Waals surface area contributed by atoms with Gasteiger partial charge in [-0.05, 0) is 121 Å². The molecule has 1 spiro atoms. The summed E-state index contributed by atoms with van der Waals surface area (Å²) in [5.74, 6) is 0. The minimum atomic E-state index is -0.342. The first-order chi connectivity index (χ1) is 25.9. The Labute approximate surface area is 334 Å². The lowest BCUT2D eigenvalue weighted by Gasteiger charge is -2.40. The van der Waals surface area contributed by atoms with Crippen molar-refractivity contribution in [3.05, 3.63) is 172 Å². The van der Waals surface area contributed by atoms with Gasteiger partial charge in [-0.3, -0.25) is 0 Å². The minimum Gasteiger partial charge on any atom is -0.388 e. The molecule has 0 radical (unpaired) electrons. The summed E-state index contributed by atoms with van der Waals surface area (Å²) in [4.78, 5) is 2.21. The average molecular weight is 734 g/mol. The number of benzene rings is 3. The molecule has 6 rings (SSSR count). The molecule has 3 nitrogen and oxygen atoms in total. The van der Waals surface area contributed by atoms with Gasteiger partial charge in [0.05, 0.1) is 5.41 Å². The zero-order valence-corrected chi connectivity index (χ0v) is 35.5. The highest BCUT2D eigenvalue weighted by Crippen LogP contribution is 2.59. The Morgan fingerprint density at radius 2 is 1.49 bits per heavy atom. The number of rotatable bonds is 15. The van der Waals surface area contributed by atoms with Crippen LogP contribution in [0.3, 0.4) is 0 Å². The monoisotopic (exact) mass is 734 g/mol. The van der Waals surface area contributed by atoms with Crippen molar-refractivity contribution in [2.24, 2.45) is 16.2 Å². The van der Waals surface area contributed by atoms with Crippen molar-refractivity contribution in [3.63, 3.8) is 0 Å². The Morgan fingerprint density at radius 3 is 2.20 bits per heavy atom. The maximum absolute atomic E-state index is 4.74. The van der Waals surface area contributed by atoms with Crippen molar-refractivity contribution >= 4 is 5.69 Å². The molecule has 0 bridgehead atoms. The molecule has 3 aliphatic carbocycles. The highest BCUT2D eigenvalue weighted by molar-refractivity contribution is 5.74. The summed E-state index contributed by atoms with van der Waals surface area (Å²) in [6.07, 6.45) is 16.8. The van der Waals surface area contributed by atoms with E-state index in [0.717, 1.165) is 56.6 Å². The second-order valence-corrected chi connectivity index (χ2v) is 18.7. The van der Waals surface area contributed by atoms with E-state index in [0.29, 0.717) is 0 Å². The highest BCUT2D eigenvalue weighted by atomic mass is 15.1. The van der Waals surface area contributed by atoms with Crippen LogP contribution in [0.5, 0.6) is 0 Å². The maximum atomic E-state index is 4.74. The second kappa shape index (κ2) is 15.6. The van der Waals surface area contributed by atoms with Gasteiger partial charge in [-0.15, -0.1) is 0 Å². The van der Waals surface area contributed by atoms with E-state index in [1.807, 2.05) is 0 Å². The molecule has 1 fully saturated rings. The number of nitrogens with zero attached hydrogens (tertiary/aromatic N) is 1. The summed E-state index contributed by atoms with van der Waals surface area (Å²) >= 11 is 0. The van der Waals surface area contributed by atoms with E-state index in [1.54, 1.807) is 0 Å². The van der Waals surface area contributed by atoms with Gasteiger partial charge < -0.3 is 15.5 Å². The number of aryl methyl sites for hydroxylation is 2. The van der Waals surface area contributed by atoms with E-state index in [2.05, 4.69) is 176 Å². The largest absolute Gasteiger partial charge is 0.388 e. The average Bonchev–Trinajstić information content (AvgIpc) is 3.24. The van der Waals surface area contributed by atoms with Crippen LogP contribution >= 0.6 is 0 Å². The molecule has 2 N–H and O–H groups in total. The summed E-state index contributed by atoms with van der Waals surface area (Å²) in [6, 6.07) is 23.0. The lowest BCUT2D eigenvalue weighted by Crippen LogP contribution is -2.33. The molecule has 3 aromatic rings. The summed E-state index contributed by atoms with van der Waals surface area (Å²) in [6.45, 7) is 31.8. The van der Waals surface area contributed by atoms with E-state index in [9.17, 15) is 0 Å². The van der Waals surface area contributed by atoms with Crippen LogP contribution in [0, 0.1) is 30.1 Å². The van der Waals surface area contributed by atoms with Gasteiger partial charge in [0.1, 0.15) is 0 Å². The van der Waals surface area contributed by atoms with E-state index in [-0.39, 0.29) is 21.7 Å². The number of anilines is 1. The molecule has 55 heavy (non-hydrogen) atoms. The van der Waals surface area contributed by atoms with Crippen LogP contribution in [-0.4, -0.2) is 27.2 Å².